The van der Waals surface area contributed by atoms with Crippen molar-refractivity contribution in [3.8, 4) is 16.3 Å². The molecule has 0 aliphatic heterocycles. The molecule has 1 aromatic heterocycles. The zero-order chi connectivity index (χ0) is 15.6. The van der Waals surface area contributed by atoms with Crippen molar-refractivity contribution in [2.24, 2.45) is 0 Å². The third-order valence-electron chi connectivity index (χ3n) is 2.57. The van der Waals surface area contributed by atoms with Crippen molar-refractivity contribution in [2.45, 2.75) is 6.92 Å². The molecule has 2 aromatic rings. The van der Waals surface area contributed by atoms with Gasteiger partial charge >= 0.3 is 11.7 Å². The monoisotopic (exact) mass is 309 g/mol. The van der Waals surface area contributed by atoms with Gasteiger partial charge in [0.05, 0.1) is 17.1 Å². The van der Waals surface area contributed by atoms with Crippen molar-refractivity contribution in [3.05, 3.63) is 34.0 Å². The number of carboxylic acid groups (broad SMARTS) is 1. The van der Waals surface area contributed by atoms with Gasteiger partial charge in [-0.2, -0.15) is 0 Å². The second kappa shape index (κ2) is 5.75. The maximum absolute atomic E-state index is 11.1. The Kier molecular flexibility index (Phi) is 4.03. The highest BCUT2D eigenvalue weighted by Crippen LogP contribution is 2.40. The van der Waals surface area contributed by atoms with Gasteiger partial charge in [-0.15, -0.1) is 0 Å². The quantitative estimate of drug-likeness (QED) is 0.640. The molecule has 1 heterocycles. The van der Waals surface area contributed by atoms with Crippen molar-refractivity contribution in [1.29, 1.82) is 0 Å². The van der Waals surface area contributed by atoms with Gasteiger partial charge in [0.25, 0.3) is 0 Å². The van der Waals surface area contributed by atoms with Crippen molar-refractivity contribution in [2.75, 3.05) is 12.3 Å². The number of aromatic nitrogens is 1. The highest BCUT2D eigenvalue weighted by Gasteiger charge is 2.24. The van der Waals surface area contributed by atoms with Crippen molar-refractivity contribution in [1.82, 2.24) is 4.98 Å². The first-order valence-corrected chi connectivity index (χ1v) is 6.67. The summed E-state index contributed by atoms with van der Waals surface area (Å²) in [5.74, 6) is -1.20. The molecule has 1 aromatic carbocycles. The number of nitrogens with zero attached hydrogens (tertiary/aromatic N) is 2. The Morgan fingerprint density at radius 3 is 2.81 bits per heavy atom. The molecule has 0 amide bonds. The lowest BCUT2D eigenvalue weighted by Gasteiger charge is -2.08. The molecule has 0 unspecified atom stereocenters. The SMILES string of the molecule is CCOc1c(-c2nc(C(=O)O)c(N)s2)cccc1[N+](=O)[O-]. The van der Waals surface area contributed by atoms with Crippen LogP contribution in [-0.4, -0.2) is 27.6 Å². The number of nitrogen functional groups attached to an aromatic ring is 1. The molecule has 0 fully saturated rings. The minimum Gasteiger partial charge on any atom is -0.487 e. The molecule has 0 aliphatic rings. The second-order valence-corrected chi connectivity index (χ2v) is 4.91. The van der Waals surface area contributed by atoms with Crippen LogP contribution < -0.4 is 10.5 Å². The summed E-state index contributed by atoms with van der Waals surface area (Å²) in [6.45, 7) is 1.92. The highest BCUT2D eigenvalue weighted by atomic mass is 32.1. The molecule has 0 spiro atoms. The summed E-state index contributed by atoms with van der Waals surface area (Å²) in [7, 11) is 0. The van der Waals surface area contributed by atoms with Gasteiger partial charge in [-0.3, -0.25) is 10.1 Å². The molecule has 0 saturated heterocycles. The first-order valence-electron chi connectivity index (χ1n) is 5.85. The van der Waals surface area contributed by atoms with Crippen LogP contribution in [0.2, 0.25) is 0 Å². The van der Waals surface area contributed by atoms with E-state index in [9.17, 15) is 14.9 Å². The summed E-state index contributed by atoms with van der Waals surface area (Å²) in [5.41, 5.74) is 5.46. The standard InChI is InChI=1S/C12H11N3O5S/c1-2-20-9-6(4-3-5-7(9)15(18)19)11-14-8(12(16)17)10(13)21-11/h3-5H,2,13H2,1H3,(H,16,17). The Hall–Kier alpha value is -2.68. The Bertz CT molecular complexity index is 713. The molecule has 0 bridgehead atoms. The van der Waals surface area contributed by atoms with E-state index in [1.807, 2.05) is 0 Å². The van der Waals surface area contributed by atoms with Crippen LogP contribution in [0.1, 0.15) is 17.4 Å². The minimum absolute atomic E-state index is 0.0338. The lowest BCUT2D eigenvalue weighted by Crippen LogP contribution is -2.01. The number of nitro groups is 1. The summed E-state index contributed by atoms with van der Waals surface area (Å²) >= 11 is 0.939. The van der Waals surface area contributed by atoms with E-state index in [-0.39, 0.29) is 33.7 Å². The minimum atomic E-state index is -1.25. The Morgan fingerprint density at radius 1 is 1.57 bits per heavy atom. The van der Waals surface area contributed by atoms with E-state index in [2.05, 4.69) is 4.98 Å². The maximum Gasteiger partial charge on any atom is 0.357 e. The van der Waals surface area contributed by atoms with Crippen LogP contribution in [-0.2, 0) is 0 Å². The maximum atomic E-state index is 11.1. The van der Waals surface area contributed by atoms with E-state index in [1.54, 1.807) is 13.0 Å². The van der Waals surface area contributed by atoms with E-state index in [0.29, 0.717) is 5.56 Å². The van der Waals surface area contributed by atoms with Crippen LogP contribution in [0.4, 0.5) is 10.7 Å². The number of ether oxygens (including phenoxy) is 1. The molecule has 21 heavy (non-hydrogen) atoms. The molecule has 8 nitrogen and oxygen atoms in total. The fourth-order valence-electron chi connectivity index (χ4n) is 1.73. The largest absolute Gasteiger partial charge is 0.487 e. The fourth-order valence-corrected chi connectivity index (χ4v) is 2.58. The van der Waals surface area contributed by atoms with Crippen LogP contribution in [0.3, 0.4) is 0 Å². The Labute approximate surface area is 123 Å². The van der Waals surface area contributed by atoms with Crippen molar-refractivity contribution >= 4 is 28.0 Å². The van der Waals surface area contributed by atoms with Crippen molar-refractivity contribution in [3.63, 3.8) is 0 Å². The van der Waals surface area contributed by atoms with Gasteiger partial charge in [-0.1, -0.05) is 17.4 Å². The van der Waals surface area contributed by atoms with Crippen LogP contribution in [0.5, 0.6) is 5.75 Å². The predicted octanol–water partition coefficient (Wildman–Crippen LogP) is 2.40. The smallest absolute Gasteiger partial charge is 0.357 e. The van der Waals surface area contributed by atoms with Gasteiger partial charge < -0.3 is 15.6 Å². The topological polar surface area (TPSA) is 129 Å². The average Bonchev–Trinajstić information content (AvgIpc) is 2.81. The molecule has 0 atom stereocenters. The van der Waals surface area contributed by atoms with Gasteiger partial charge in [0.1, 0.15) is 10.0 Å². The number of para-hydroxylation sites is 1. The number of benzene rings is 1. The number of nitrogens with two attached hydrogens (primary N) is 1. The fraction of sp³-hybridized carbons (Fsp3) is 0.167. The summed E-state index contributed by atoms with van der Waals surface area (Å²) in [6.07, 6.45) is 0. The molecule has 110 valence electrons. The molecular weight excluding hydrogens is 298 g/mol. The number of rotatable bonds is 5. The van der Waals surface area contributed by atoms with Crippen LogP contribution in [0.15, 0.2) is 18.2 Å². The van der Waals surface area contributed by atoms with Gasteiger partial charge in [0.15, 0.2) is 5.69 Å². The van der Waals surface area contributed by atoms with Crippen LogP contribution in [0, 0.1) is 10.1 Å². The number of anilines is 1. The summed E-state index contributed by atoms with van der Waals surface area (Å²) in [5, 5.41) is 20.3. The van der Waals surface area contributed by atoms with Gasteiger partial charge in [-0.25, -0.2) is 9.78 Å². The summed E-state index contributed by atoms with van der Waals surface area (Å²) in [6, 6.07) is 4.36. The number of thiazole rings is 1. The third kappa shape index (κ3) is 2.77. The normalized spacial score (nSPS) is 10.3. The molecule has 0 saturated carbocycles. The molecule has 2 rings (SSSR count). The number of carboxylic acids is 1. The number of hydrogen-bond acceptors (Lipinski definition) is 7. The van der Waals surface area contributed by atoms with E-state index in [1.165, 1.54) is 12.1 Å². The van der Waals surface area contributed by atoms with E-state index >= 15 is 0 Å². The Balaban J connectivity index is 2.63. The lowest BCUT2D eigenvalue weighted by atomic mass is 10.2. The number of carbonyl (C=O) groups is 1. The third-order valence-corrected chi connectivity index (χ3v) is 3.48. The predicted molar refractivity (Wildman–Crippen MR) is 76.7 cm³/mol. The highest BCUT2D eigenvalue weighted by molar-refractivity contribution is 7.19. The number of hydrogen-bond donors (Lipinski definition) is 2. The Morgan fingerprint density at radius 2 is 2.29 bits per heavy atom. The first-order chi connectivity index (χ1) is 9.95. The zero-order valence-corrected chi connectivity index (χ0v) is 11.7. The van der Waals surface area contributed by atoms with E-state index in [0.717, 1.165) is 11.3 Å². The molecule has 9 heteroatoms. The van der Waals surface area contributed by atoms with E-state index in [4.69, 9.17) is 15.6 Å². The molecule has 0 radical (unpaired) electrons. The summed E-state index contributed by atoms with van der Waals surface area (Å²) in [4.78, 5) is 25.4. The number of nitro benzene ring substituents is 1. The second-order valence-electron chi connectivity index (χ2n) is 3.88. The van der Waals surface area contributed by atoms with Crippen LogP contribution >= 0.6 is 11.3 Å². The van der Waals surface area contributed by atoms with Gasteiger partial charge in [-0.05, 0) is 13.0 Å². The molecule has 3 N–H and O–H groups in total. The average molecular weight is 309 g/mol. The zero-order valence-electron chi connectivity index (χ0n) is 10.9. The lowest BCUT2D eigenvalue weighted by molar-refractivity contribution is -0.385. The van der Waals surface area contributed by atoms with E-state index < -0.39 is 10.9 Å². The molecular formula is C12H11N3O5S. The first kappa shape index (κ1) is 14.7. The molecule has 0 aliphatic carbocycles. The van der Waals surface area contributed by atoms with Gasteiger partial charge in [0.2, 0.25) is 5.75 Å². The van der Waals surface area contributed by atoms with Crippen LogP contribution in [0.25, 0.3) is 10.6 Å². The number of aromatic carboxylic acids is 1. The van der Waals surface area contributed by atoms with Gasteiger partial charge in [0, 0.05) is 6.07 Å². The summed E-state index contributed by atoms with van der Waals surface area (Å²) < 4.78 is 5.33. The van der Waals surface area contributed by atoms with Crippen molar-refractivity contribution < 1.29 is 19.6 Å².